The Balaban J connectivity index is 3.18. The largest absolute Gasteiger partial charge is 0.479 e. The number of carbonyl (C=O) groups is 1. The maximum Gasteiger partial charge on any atom is 0.332 e. The first-order valence-electron chi connectivity index (χ1n) is 7.74. The molecular weight excluding hydrogens is 240 g/mol. The lowest BCUT2D eigenvalue weighted by Gasteiger charge is -2.01. The molecule has 0 aromatic carbocycles. The zero-order valence-corrected chi connectivity index (χ0v) is 12.3. The van der Waals surface area contributed by atoms with E-state index in [2.05, 4.69) is 6.92 Å². The molecule has 0 saturated heterocycles. The Morgan fingerprint density at radius 1 is 0.947 bits per heavy atom. The maximum absolute atomic E-state index is 10.3. The number of carboxylic acid groups (broad SMARTS) is 1. The van der Waals surface area contributed by atoms with Crippen LogP contribution in [0.5, 0.6) is 0 Å². The molecular formula is C16H30O3. The number of carboxylic acids is 1. The zero-order chi connectivity index (χ0) is 14.3. The van der Waals surface area contributed by atoms with E-state index in [1.54, 1.807) is 6.08 Å². The van der Waals surface area contributed by atoms with Crippen LogP contribution in [0.4, 0.5) is 0 Å². The van der Waals surface area contributed by atoms with Crippen molar-refractivity contribution in [1.82, 2.24) is 0 Å². The van der Waals surface area contributed by atoms with Crippen molar-refractivity contribution >= 4 is 5.97 Å². The molecule has 2 N–H and O–H groups in total. The molecule has 0 rings (SSSR count). The molecule has 19 heavy (non-hydrogen) atoms. The summed E-state index contributed by atoms with van der Waals surface area (Å²) in [4.78, 5) is 10.3. The van der Waals surface area contributed by atoms with Crippen molar-refractivity contribution in [3.8, 4) is 0 Å². The standard InChI is InChI=1S/C16H30O3/c1-2-3-4-5-6-7-8-9-10-11-12-13-14-15(17)16(18)19/h12-13,15,17H,2-11,14H2,1H3,(H,18,19)/b13-12+. The summed E-state index contributed by atoms with van der Waals surface area (Å²) in [5, 5.41) is 17.5. The quantitative estimate of drug-likeness (QED) is 0.387. The monoisotopic (exact) mass is 270 g/mol. The van der Waals surface area contributed by atoms with Crippen molar-refractivity contribution < 1.29 is 15.0 Å². The van der Waals surface area contributed by atoms with Crippen LogP contribution < -0.4 is 0 Å². The Labute approximate surface area is 117 Å². The summed E-state index contributed by atoms with van der Waals surface area (Å²) < 4.78 is 0. The van der Waals surface area contributed by atoms with Gasteiger partial charge in [0, 0.05) is 6.42 Å². The molecule has 0 aliphatic rings. The van der Waals surface area contributed by atoms with Crippen molar-refractivity contribution in [2.24, 2.45) is 0 Å². The van der Waals surface area contributed by atoms with E-state index in [4.69, 9.17) is 10.2 Å². The van der Waals surface area contributed by atoms with E-state index in [-0.39, 0.29) is 6.42 Å². The molecule has 0 saturated carbocycles. The minimum atomic E-state index is -1.25. The minimum absolute atomic E-state index is 0.215. The lowest BCUT2D eigenvalue weighted by atomic mass is 10.1. The molecule has 3 nitrogen and oxygen atoms in total. The molecule has 0 amide bonds. The molecule has 0 aliphatic carbocycles. The van der Waals surface area contributed by atoms with E-state index in [1.165, 1.54) is 51.4 Å². The number of hydrogen-bond acceptors (Lipinski definition) is 2. The van der Waals surface area contributed by atoms with Crippen molar-refractivity contribution in [1.29, 1.82) is 0 Å². The van der Waals surface area contributed by atoms with Gasteiger partial charge in [-0.1, -0.05) is 70.4 Å². The van der Waals surface area contributed by atoms with Crippen LogP contribution in [-0.2, 0) is 4.79 Å². The number of unbranched alkanes of at least 4 members (excludes halogenated alkanes) is 9. The Kier molecular flexibility index (Phi) is 13.0. The van der Waals surface area contributed by atoms with Crippen LogP contribution in [0.2, 0.25) is 0 Å². The van der Waals surface area contributed by atoms with Gasteiger partial charge in [0.25, 0.3) is 0 Å². The van der Waals surface area contributed by atoms with E-state index in [9.17, 15) is 4.79 Å². The fourth-order valence-corrected chi connectivity index (χ4v) is 2.02. The summed E-state index contributed by atoms with van der Waals surface area (Å²) in [7, 11) is 0. The van der Waals surface area contributed by atoms with E-state index < -0.39 is 12.1 Å². The molecule has 1 unspecified atom stereocenters. The molecule has 0 fully saturated rings. The molecule has 0 aromatic heterocycles. The number of allylic oxidation sites excluding steroid dienone is 1. The highest BCUT2D eigenvalue weighted by molar-refractivity contribution is 5.72. The third-order valence-electron chi connectivity index (χ3n) is 3.29. The minimum Gasteiger partial charge on any atom is -0.479 e. The number of rotatable bonds is 13. The third-order valence-corrected chi connectivity index (χ3v) is 3.29. The predicted octanol–water partition coefficient (Wildman–Crippen LogP) is 4.30. The second-order valence-corrected chi connectivity index (χ2v) is 5.18. The lowest BCUT2D eigenvalue weighted by molar-refractivity contribution is -0.146. The van der Waals surface area contributed by atoms with E-state index in [0.29, 0.717) is 0 Å². The van der Waals surface area contributed by atoms with E-state index in [0.717, 1.165) is 12.8 Å². The summed E-state index contributed by atoms with van der Waals surface area (Å²) in [5.41, 5.74) is 0. The molecule has 0 radical (unpaired) electrons. The highest BCUT2D eigenvalue weighted by Crippen LogP contribution is 2.10. The third kappa shape index (κ3) is 13.4. The van der Waals surface area contributed by atoms with Crippen LogP contribution in [0.15, 0.2) is 12.2 Å². The first-order valence-corrected chi connectivity index (χ1v) is 7.74. The van der Waals surface area contributed by atoms with Crippen LogP contribution in [0.25, 0.3) is 0 Å². The summed E-state index contributed by atoms with van der Waals surface area (Å²) >= 11 is 0. The van der Waals surface area contributed by atoms with Crippen molar-refractivity contribution in [3.63, 3.8) is 0 Å². The van der Waals surface area contributed by atoms with Crippen molar-refractivity contribution in [2.45, 2.75) is 83.7 Å². The zero-order valence-electron chi connectivity index (χ0n) is 12.3. The summed E-state index contributed by atoms with van der Waals surface area (Å²) in [6.07, 6.45) is 15.5. The van der Waals surface area contributed by atoms with Crippen LogP contribution in [0, 0.1) is 0 Å². The maximum atomic E-state index is 10.3. The van der Waals surface area contributed by atoms with Gasteiger partial charge in [0.2, 0.25) is 0 Å². The van der Waals surface area contributed by atoms with Gasteiger partial charge in [-0.2, -0.15) is 0 Å². The van der Waals surface area contributed by atoms with Gasteiger partial charge in [-0.3, -0.25) is 0 Å². The smallest absolute Gasteiger partial charge is 0.332 e. The topological polar surface area (TPSA) is 57.5 Å². The molecule has 112 valence electrons. The van der Waals surface area contributed by atoms with E-state index >= 15 is 0 Å². The molecule has 1 atom stereocenters. The van der Waals surface area contributed by atoms with Crippen LogP contribution in [0.1, 0.15) is 77.6 Å². The average molecular weight is 270 g/mol. The van der Waals surface area contributed by atoms with Gasteiger partial charge in [-0.15, -0.1) is 0 Å². The number of aliphatic hydroxyl groups is 1. The van der Waals surface area contributed by atoms with Crippen molar-refractivity contribution in [3.05, 3.63) is 12.2 Å². The Hall–Kier alpha value is -0.830. The molecule has 0 heterocycles. The normalized spacial score (nSPS) is 12.9. The van der Waals surface area contributed by atoms with Gasteiger partial charge >= 0.3 is 5.97 Å². The van der Waals surface area contributed by atoms with Crippen LogP contribution in [0.3, 0.4) is 0 Å². The second kappa shape index (κ2) is 13.6. The van der Waals surface area contributed by atoms with Crippen LogP contribution >= 0.6 is 0 Å². The lowest BCUT2D eigenvalue weighted by Crippen LogP contribution is -2.17. The van der Waals surface area contributed by atoms with Gasteiger partial charge in [0.05, 0.1) is 0 Å². The highest BCUT2D eigenvalue weighted by Gasteiger charge is 2.09. The van der Waals surface area contributed by atoms with Crippen LogP contribution in [-0.4, -0.2) is 22.3 Å². The number of aliphatic hydroxyl groups excluding tert-OH is 1. The molecule has 0 aliphatic heterocycles. The number of hydrogen-bond donors (Lipinski definition) is 2. The van der Waals surface area contributed by atoms with Crippen molar-refractivity contribution in [2.75, 3.05) is 0 Å². The molecule has 0 aromatic rings. The fraction of sp³-hybridized carbons (Fsp3) is 0.812. The second-order valence-electron chi connectivity index (χ2n) is 5.18. The first-order chi connectivity index (χ1) is 9.18. The Bertz CT molecular complexity index is 236. The number of aliphatic carboxylic acids is 1. The van der Waals surface area contributed by atoms with Gasteiger partial charge in [-0.05, 0) is 12.8 Å². The predicted molar refractivity (Wildman–Crippen MR) is 79.2 cm³/mol. The van der Waals surface area contributed by atoms with Gasteiger partial charge in [-0.25, -0.2) is 4.79 Å². The van der Waals surface area contributed by atoms with E-state index in [1.807, 2.05) is 6.08 Å². The summed E-state index contributed by atoms with van der Waals surface area (Å²) in [5.74, 6) is -1.15. The molecule has 0 bridgehead atoms. The van der Waals surface area contributed by atoms with Gasteiger partial charge in [0.15, 0.2) is 6.10 Å². The molecule has 3 heteroatoms. The Morgan fingerprint density at radius 2 is 1.47 bits per heavy atom. The van der Waals surface area contributed by atoms with Gasteiger partial charge in [0.1, 0.15) is 0 Å². The highest BCUT2D eigenvalue weighted by atomic mass is 16.4. The molecule has 0 spiro atoms. The SMILES string of the molecule is CCCCCCCCCCC/C=C/CC(O)C(=O)O. The fourth-order valence-electron chi connectivity index (χ4n) is 2.02. The first kappa shape index (κ1) is 18.2. The summed E-state index contributed by atoms with van der Waals surface area (Å²) in [6.45, 7) is 2.24. The average Bonchev–Trinajstić information content (AvgIpc) is 2.39. The summed E-state index contributed by atoms with van der Waals surface area (Å²) in [6, 6.07) is 0. The Morgan fingerprint density at radius 3 is 2.00 bits per heavy atom. The van der Waals surface area contributed by atoms with Gasteiger partial charge < -0.3 is 10.2 Å².